The van der Waals surface area contributed by atoms with Crippen molar-refractivity contribution in [1.82, 2.24) is 4.98 Å². The van der Waals surface area contributed by atoms with Crippen molar-refractivity contribution >= 4 is 22.8 Å². The van der Waals surface area contributed by atoms with Crippen LogP contribution in [0.3, 0.4) is 0 Å². The van der Waals surface area contributed by atoms with Crippen LogP contribution >= 0.6 is 0 Å². The van der Waals surface area contributed by atoms with Crippen LogP contribution in [0, 0.1) is 0 Å². The molecule has 0 N–H and O–H groups in total. The summed E-state index contributed by atoms with van der Waals surface area (Å²) in [6.07, 6.45) is 0. The van der Waals surface area contributed by atoms with Crippen molar-refractivity contribution in [1.29, 1.82) is 0 Å². The van der Waals surface area contributed by atoms with Gasteiger partial charge in [-0.05, 0) is 66.5 Å². The first-order valence-corrected chi connectivity index (χ1v) is 12.0. The maximum absolute atomic E-state index is 5.11. The molecule has 0 spiro atoms. The minimum Gasteiger partial charge on any atom is -0.251 e. The van der Waals surface area contributed by atoms with E-state index in [0.29, 0.717) is 17.8 Å². The van der Waals surface area contributed by atoms with Crippen LogP contribution in [0.2, 0.25) is 0 Å². The molecule has 0 amide bonds. The second-order valence-electron chi connectivity index (χ2n) is 9.61. The third kappa shape index (κ3) is 5.84. The smallest absolute Gasteiger partial charge is 0.0849 e. The summed E-state index contributed by atoms with van der Waals surface area (Å²) < 4.78 is 0. The highest BCUT2D eigenvalue weighted by Gasteiger charge is 2.14. The van der Waals surface area contributed by atoms with E-state index in [2.05, 4.69) is 77.9 Å². The van der Waals surface area contributed by atoms with Crippen LogP contribution in [0.25, 0.3) is 0 Å². The molecule has 1 heterocycles. The van der Waals surface area contributed by atoms with E-state index in [1.165, 1.54) is 16.7 Å². The van der Waals surface area contributed by atoms with Gasteiger partial charge in [0.1, 0.15) is 0 Å². The van der Waals surface area contributed by atoms with Crippen LogP contribution in [-0.4, -0.2) is 16.4 Å². The van der Waals surface area contributed by atoms with Crippen molar-refractivity contribution in [2.45, 2.75) is 73.1 Å². The largest absolute Gasteiger partial charge is 0.251 e. The SMILES string of the molecule is CC(=Nc1ccccc1C(C)C)c1cccc(C(C)=Nc2c(C(C)C)cccc2C(C)C)n1. The molecule has 0 saturated heterocycles. The fourth-order valence-corrected chi connectivity index (χ4v) is 4.02. The van der Waals surface area contributed by atoms with E-state index in [1.54, 1.807) is 0 Å². The van der Waals surface area contributed by atoms with Gasteiger partial charge >= 0.3 is 0 Å². The summed E-state index contributed by atoms with van der Waals surface area (Å²) in [7, 11) is 0. The average Bonchev–Trinajstić information content (AvgIpc) is 2.79. The number of hydrogen-bond acceptors (Lipinski definition) is 3. The molecule has 3 rings (SSSR count). The maximum Gasteiger partial charge on any atom is 0.0849 e. The Morgan fingerprint density at radius 3 is 1.58 bits per heavy atom. The van der Waals surface area contributed by atoms with Gasteiger partial charge in [-0.1, -0.05) is 84.0 Å². The molecule has 3 aromatic rings. The van der Waals surface area contributed by atoms with Gasteiger partial charge in [-0.2, -0.15) is 0 Å². The van der Waals surface area contributed by atoms with Gasteiger partial charge in [0.2, 0.25) is 0 Å². The van der Waals surface area contributed by atoms with Crippen molar-refractivity contribution in [3.05, 3.63) is 88.7 Å². The number of rotatable bonds is 7. The molecule has 172 valence electrons. The summed E-state index contributed by atoms with van der Waals surface area (Å²) in [4.78, 5) is 15.0. The molecule has 33 heavy (non-hydrogen) atoms. The van der Waals surface area contributed by atoms with E-state index in [4.69, 9.17) is 15.0 Å². The normalized spacial score (nSPS) is 12.8. The Kier molecular flexibility index (Phi) is 7.97. The van der Waals surface area contributed by atoms with E-state index < -0.39 is 0 Å². The molecule has 0 aliphatic rings. The number of para-hydroxylation sites is 2. The Labute approximate surface area is 199 Å². The Morgan fingerprint density at radius 1 is 0.576 bits per heavy atom. The standard InChI is InChI=1S/C30H37N3/c1-19(2)24-13-9-10-16-29(24)31-22(7)27-17-12-18-28(33-27)23(8)32-30-25(20(3)4)14-11-15-26(30)21(5)6/h9-21H,1-8H3. The molecule has 2 aromatic carbocycles. The molecule has 1 aromatic heterocycles. The lowest BCUT2D eigenvalue weighted by atomic mass is 9.93. The molecule has 0 bridgehead atoms. The topological polar surface area (TPSA) is 37.6 Å². The number of aliphatic imine (C=N–C) groups is 2. The lowest BCUT2D eigenvalue weighted by Gasteiger charge is -2.17. The molecule has 0 aliphatic heterocycles. The van der Waals surface area contributed by atoms with E-state index >= 15 is 0 Å². The van der Waals surface area contributed by atoms with Crippen molar-refractivity contribution in [2.75, 3.05) is 0 Å². The fraction of sp³-hybridized carbons (Fsp3) is 0.367. The van der Waals surface area contributed by atoms with Crippen LogP contribution in [0.4, 0.5) is 11.4 Å². The zero-order chi connectivity index (χ0) is 24.1. The Hall–Kier alpha value is -3.07. The molecule has 0 fully saturated rings. The number of nitrogens with zero attached hydrogens (tertiary/aromatic N) is 3. The number of pyridine rings is 1. The van der Waals surface area contributed by atoms with Crippen LogP contribution in [0.15, 0.2) is 70.6 Å². The highest BCUT2D eigenvalue weighted by atomic mass is 14.8. The van der Waals surface area contributed by atoms with Crippen LogP contribution in [0.5, 0.6) is 0 Å². The third-order valence-electron chi connectivity index (χ3n) is 5.96. The maximum atomic E-state index is 5.11. The Balaban J connectivity index is 2.02. The van der Waals surface area contributed by atoms with Crippen LogP contribution < -0.4 is 0 Å². The second-order valence-corrected chi connectivity index (χ2v) is 9.61. The summed E-state index contributed by atoms with van der Waals surface area (Å²) in [5.74, 6) is 1.23. The lowest BCUT2D eigenvalue weighted by Crippen LogP contribution is -2.06. The van der Waals surface area contributed by atoms with Crippen LogP contribution in [-0.2, 0) is 0 Å². The summed E-state index contributed by atoms with van der Waals surface area (Å²) in [5.41, 5.74) is 9.48. The molecule has 0 aliphatic carbocycles. The second kappa shape index (κ2) is 10.7. The Morgan fingerprint density at radius 2 is 1.03 bits per heavy atom. The molecule has 0 saturated carbocycles. The van der Waals surface area contributed by atoms with Crippen molar-refractivity contribution < 1.29 is 0 Å². The monoisotopic (exact) mass is 439 g/mol. The minimum absolute atomic E-state index is 0.407. The number of benzene rings is 2. The highest BCUT2D eigenvalue weighted by molar-refractivity contribution is 6.02. The third-order valence-corrected chi connectivity index (χ3v) is 5.96. The average molecular weight is 440 g/mol. The van der Waals surface area contributed by atoms with Gasteiger partial charge in [0, 0.05) is 0 Å². The predicted octanol–water partition coefficient (Wildman–Crippen LogP) is 8.73. The highest BCUT2D eigenvalue weighted by Crippen LogP contribution is 2.35. The minimum atomic E-state index is 0.407. The van der Waals surface area contributed by atoms with E-state index in [0.717, 1.165) is 34.2 Å². The van der Waals surface area contributed by atoms with Gasteiger partial charge in [0.15, 0.2) is 0 Å². The molecule has 3 nitrogen and oxygen atoms in total. The molecule has 0 atom stereocenters. The van der Waals surface area contributed by atoms with Crippen LogP contribution in [0.1, 0.15) is 101 Å². The summed E-state index contributed by atoms with van der Waals surface area (Å²) >= 11 is 0. The number of aromatic nitrogens is 1. The molecular formula is C30H37N3. The molecule has 0 radical (unpaired) electrons. The van der Waals surface area contributed by atoms with Gasteiger partial charge in [-0.3, -0.25) is 9.98 Å². The molecule has 0 unspecified atom stereocenters. The van der Waals surface area contributed by atoms with Gasteiger partial charge in [0.25, 0.3) is 0 Å². The quantitative estimate of drug-likeness (QED) is 0.339. The first-order valence-electron chi connectivity index (χ1n) is 12.0. The zero-order valence-electron chi connectivity index (χ0n) is 21.3. The summed E-state index contributed by atoms with van der Waals surface area (Å²) in [5, 5.41) is 0. The molecular weight excluding hydrogens is 402 g/mol. The zero-order valence-corrected chi connectivity index (χ0v) is 21.3. The van der Waals surface area contributed by atoms with E-state index in [9.17, 15) is 0 Å². The predicted molar refractivity (Wildman–Crippen MR) is 143 cm³/mol. The first kappa shape index (κ1) is 24.6. The van der Waals surface area contributed by atoms with Gasteiger partial charge in [0.05, 0.1) is 34.2 Å². The fourth-order valence-electron chi connectivity index (χ4n) is 4.02. The van der Waals surface area contributed by atoms with Crippen molar-refractivity contribution in [2.24, 2.45) is 9.98 Å². The Bertz CT molecular complexity index is 1140. The van der Waals surface area contributed by atoms with Gasteiger partial charge in [-0.25, -0.2) is 4.98 Å². The number of hydrogen-bond donors (Lipinski definition) is 0. The summed E-state index contributed by atoms with van der Waals surface area (Å²) in [6, 6.07) is 21.0. The van der Waals surface area contributed by atoms with Gasteiger partial charge < -0.3 is 0 Å². The molecule has 3 heteroatoms. The first-order chi connectivity index (χ1) is 15.7. The van der Waals surface area contributed by atoms with Gasteiger partial charge in [-0.15, -0.1) is 0 Å². The van der Waals surface area contributed by atoms with Crippen molar-refractivity contribution in [3.63, 3.8) is 0 Å². The van der Waals surface area contributed by atoms with E-state index in [1.807, 2.05) is 38.1 Å². The lowest BCUT2D eigenvalue weighted by molar-refractivity contribution is 0.834. The van der Waals surface area contributed by atoms with Crippen molar-refractivity contribution in [3.8, 4) is 0 Å². The van der Waals surface area contributed by atoms with E-state index in [-0.39, 0.29) is 0 Å². The summed E-state index contributed by atoms with van der Waals surface area (Å²) in [6.45, 7) is 17.4.